The fourth-order valence-electron chi connectivity index (χ4n) is 10.1. The summed E-state index contributed by atoms with van der Waals surface area (Å²) >= 11 is 1.86. The van der Waals surface area contributed by atoms with Gasteiger partial charge in [-0.05, 0) is 71.5 Å². The molecule has 13 rings (SSSR count). The van der Waals surface area contributed by atoms with Crippen molar-refractivity contribution in [2.24, 2.45) is 0 Å². The number of nitrogens with zero attached hydrogens (tertiary/aromatic N) is 5. The number of benzene rings is 7. The van der Waals surface area contributed by atoms with Gasteiger partial charge in [-0.2, -0.15) is 9.97 Å². The highest BCUT2D eigenvalue weighted by Gasteiger charge is 2.49. The zero-order valence-electron chi connectivity index (χ0n) is 31.3. The molecule has 7 aromatic carbocycles. The highest BCUT2D eigenvalue weighted by atomic mass is 32.2. The van der Waals surface area contributed by atoms with Gasteiger partial charge in [0.05, 0.1) is 33.2 Å². The summed E-state index contributed by atoms with van der Waals surface area (Å²) in [5, 5.41) is 4.88. The number of allylic oxidation sites excluding steroid dienone is 4. The molecule has 3 aliphatic rings. The van der Waals surface area contributed by atoms with Gasteiger partial charge in [-0.15, -0.1) is 0 Å². The van der Waals surface area contributed by atoms with Crippen molar-refractivity contribution in [3.8, 4) is 23.0 Å². The lowest BCUT2D eigenvalue weighted by Crippen LogP contribution is -2.37. The summed E-state index contributed by atoms with van der Waals surface area (Å²) in [6, 6.07) is 57.8. The van der Waals surface area contributed by atoms with Crippen molar-refractivity contribution >= 4 is 60.9 Å². The van der Waals surface area contributed by atoms with Crippen LogP contribution in [0, 0.1) is 0 Å². The zero-order chi connectivity index (χ0) is 38.0. The topological polar surface area (TPSA) is 48.5 Å². The molecule has 3 aromatic heterocycles. The smallest absolute Gasteiger partial charge is 0.238 e. The molecule has 1 aliphatic carbocycles. The molecule has 10 aromatic rings. The molecule has 0 saturated carbocycles. The Hall–Kier alpha value is -7.02. The Labute approximate surface area is 338 Å². The van der Waals surface area contributed by atoms with Crippen LogP contribution in [-0.4, -0.2) is 24.1 Å². The maximum atomic E-state index is 5.27. The Morgan fingerprint density at radius 1 is 0.483 bits per heavy atom. The summed E-state index contributed by atoms with van der Waals surface area (Å²) in [6.07, 6.45) is 8.59. The van der Waals surface area contributed by atoms with E-state index in [0.29, 0.717) is 17.6 Å². The molecule has 5 heterocycles. The van der Waals surface area contributed by atoms with E-state index in [1.54, 1.807) is 0 Å². The molecule has 1 unspecified atom stereocenters. The first kappa shape index (κ1) is 32.1. The van der Waals surface area contributed by atoms with Gasteiger partial charge < -0.3 is 4.57 Å². The van der Waals surface area contributed by atoms with Crippen molar-refractivity contribution in [2.75, 3.05) is 0 Å². The second-order valence-electron chi connectivity index (χ2n) is 15.4. The third-order valence-corrected chi connectivity index (χ3v) is 13.6. The highest BCUT2D eigenvalue weighted by Crippen LogP contribution is 2.61. The summed E-state index contributed by atoms with van der Waals surface area (Å²) < 4.78 is 4.77. The number of rotatable bonds is 3. The highest BCUT2D eigenvalue weighted by molar-refractivity contribution is 7.99. The molecule has 2 aliphatic heterocycles. The van der Waals surface area contributed by atoms with Crippen molar-refractivity contribution in [2.45, 2.75) is 28.0 Å². The van der Waals surface area contributed by atoms with Crippen LogP contribution in [0.5, 0.6) is 0 Å². The average Bonchev–Trinajstić information content (AvgIpc) is 3.81. The van der Waals surface area contributed by atoms with E-state index in [9.17, 15) is 0 Å². The van der Waals surface area contributed by atoms with Gasteiger partial charge in [0.25, 0.3) is 0 Å². The second kappa shape index (κ2) is 12.0. The minimum atomic E-state index is -0.574. The third kappa shape index (κ3) is 4.24. The third-order valence-electron chi connectivity index (χ3n) is 12.4. The van der Waals surface area contributed by atoms with Crippen molar-refractivity contribution in [3.63, 3.8) is 0 Å². The van der Waals surface area contributed by atoms with E-state index >= 15 is 0 Å². The Balaban J connectivity index is 1.15. The molecule has 5 nitrogen and oxygen atoms in total. The molecule has 0 bridgehead atoms. The first-order valence-corrected chi connectivity index (χ1v) is 20.8. The minimum absolute atomic E-state index is 0.574. The van der Waals surface area contributed by atoms with Crippen molar-refractivity contribution in [1.82, 2.24) is 24.1 Å². The van der Waals surface area contributed by atoms with Crippen LogP contribution in [0.15, 0.2) is 186 Å². The number of fused-ring (bicyclic) bond motifs is 14. The van der Waals surface area contributed by atoms with Crippen LogP contribution in [-0.2, 0) is 5.41 Å². The zero-order valence-corrected chi connectivity index (χ0v) is 32.1. The molecule has 6 heteroatoms. The molecule has 0 saturated heterocycles. The van der Waals surface area contributed by atoms with Crippen molar-refractivity contribution in [3.05, 3.63) is 204 Å². The molecular weight excluding hydrogens is 727 g/mol. The molecule has 0 fully saturated rings. The van der Waals surface area contributed by atoms with Crippen molar-refractivity contribution in [1.29, 1.82) is 0 Å². The van der Waals surface area contributed by atoms with Crippen LogP contribution < -0.4 is 0 Å². The molecule has 0 N–H and O–H groups in total. The van der Waals surface area contributed by atoms with Gasteiger partial charge in [0.2, 0.25) is 5.95 Å². The fourth-order valence-corrected chi connectivity index (χ4v) is 11.3. The normalized spacial score (nSPS) is 16.5. The molecule has 0 amide bonds. The summed E-state index contributed by atoms with van der Waals surface area (Å²) in [6.45, 7) is 0. The number of para-hydroxylation sites is 4. The van der Waals surface area contributed by atoms with Gasteiger partial charge in [0.1, 0.15) is 0 Å². The van der Waals surface area contributed by atoms with Crippen LogP contribution in [0.4, 0.5) is 0 Å². The van der Waals surface area contributed by atoms with Crippen LogP contribution in [0.1, 0.15) is 40.9 Å². The Morgan fingerprint density at radius 2 is 1.17 bits per heavy atom. The summed E-state index contributed by atoms with van der Waals surface area (Å²) in [5.41, 5.74) is 12.5. The van der Waals surface area contributed by atoms with Crippen molar-refractivity contribution < 1.29 is 0 Å². The van der Waals surface area contributed by atoms with E-state index in [4.69, 9.17) is 15.0 Å². The van der Waals surface area contributed by atoms with Gasteiger partial charge in [0, 0.05) is 42.5 Å². The fraction of sp³-hybridized carbons (Fsp3) is 0.0577. The summed E-state index contributed by atoms with van der Waals surface area (Å²) in [4.78, 5) is 18.1. The van der Waals surface area contributed by atoms with E-state index in [2.05, 4.69) is 167 Å². The van der Waals surface area contributed by atoms with E-state index < -0.39 is 5.41 Å². The lowest BCUT2D eigenvalue weighted by Gasteiger charge is -2.45. The van der Waals surface area contributed by atoms with Gasteiger partial charge in [-0.1, -0.05) is 151 Å². The van der Waals surface area contributed by atoms with E-state index in [1.807, 2.05) is 30.0 Å². The molecule has 0 radical (unpaired) electrons. The van der Waals surface area contributed by atoms with Gasteiger partial charge in [0.15, 0.2) is 11.6 Å². The van der Waals surface area contributed by atoms with Crippen LogP contribution in [0.2, 0.25) is 0 Å². The standard InChI is InChI=1S/C52H33N5S/c1-3-16-32(17-4-1)49-53-50(33-18-5-2-6-19-33)55-51(54-49)57-43-27-12-8-21-35(43)37-30-41-47(31-45(37)57)58-46-29-14-10-24-39(46)52(41)38-23-9-13-28-44(38)56-42-26-11-7-20-34(42)36-22-15-25-40(52)48(36)56/h1,3-5,7-31H,2,6H2. The molecule has 272 valence electrons. The lowest BCUT2D eigenvalue weighted by atomic mass is 9.62. The van der Waals surface area contributed by atoms with Gasteiger partial charge in [-0.3, -0.25) is 4.57 Å². The summed E-state index contributed by atoms with van der Waals surface area (Å²) in [5.74, 6) is 1.96. The summed E-state index contributed by atoms with van der Waals surface area (Å²) in [7, 11) is 0. The van der Waals surface area contributed by atoms with Crippen LogP contribution in [0.3, 0.4) is 0 Å². The SMILES string of the molecule is C1=CC(c2nc(-c3ccccc3)nc(-n3c4ccccc4c4cc5c(cc43)Sc3ccccc3C53c4ccccc4-n4c5ccccc5c5cccc3c54)n2)=CCC1. The van der Waals surface area contributed by atoms with Gasteiger partial charge >= 0.3 is 0 Å². The first-order chi connectivity index (χ1) is 28.8. The Bertz CT molecular complexity index is 3440. The van der Waals surface area contributed by atoms with Crippen LogP contribution in [0.25, 0.3) is 72.2 Å². The average molecular weight is 760 g/mol. The molecule has 1 atom stereocenters. The maximum absolute atomic E-state index is 5.27. The van der Waals surface area contributed by atoms with E-state index in [0.717, 1.165) is 40.4 Å². The van der Waals surface area contributed by atoms with Gasteiger partial charge in [-0.25, -0.2) is 4.98 Å². The molecular formula is C52H33N5S. The quantitative estimate of drug-likeness (QED) is 0.180. The Kier molecular flexibility index (Phi) is 6.64. The van der Waals surface area contributed by atoms with E-state index in [1.165, 1.54) is 64.9 Å². The molecule has 58 heavy (non-hydrogen) atoms. The minimum Gasteiger partial charge on any atom is -0.309 e. The maximum Gasteiger partial charge on any atom is 0.238 e. The van der Waals surface area contributed by atoms with E-state index in [-0.39, 0.29) is 0 Å². The number of hydrogen-bond acceptors (Lipinski definition) is 4. The lowest BCUT2D eigenvalue weighted by molar-refractivity contribution is 0.691. The monoisotopic (exact) mass is 759 g/mol. The van der Waals surface area contributed by atoms with Crippen LogP contribution >= 0.6 is 11.8 Å². The molecule has 1 spiro atoms. The largest absolute Gasteiger partial charge is 0.309 e. The second-order valence-corrected chi connectivity index (χ2v) is 16.5. The first-order valence-electron chi connectivity index (χ1n) is 19.9. The number of aromatic nitrogens is 5. The predicted octanol–water partition coefficient (Wildman–Crippen LogP) is 12.6. The Morgan fingerprint density at radius 3 is 2.02 bits per heavy atom. The predicted molar refractivity (Wildman–Crippen MR) is 236 cm³/mol. The number of hydrogen-bond donors (Lipinski definition) is 0.